The molecule has 1 aromatic heterocycles. The molecule has 0 amide bonds. The predicted molar refractivity (Wildman–Crippen MR) is 61.8 cm³/mol. The highest BCUT2D eigenvalue weighted by Crippen LogP contribution is 2.23. The first-order valence-electron chi connectivity index (χ1n) is 5.34. The number of hydrogen-bond donors (Lipinski definition) is 3. The third-order valence-electron chi connectivity index (χ3n) is 2.74. The zero-order valence-corrected chi connectivity index (χ0v) is 10.4. The van der Waals surface area contributed by atoms with Crippen molar-refractivity contribution in [3.8, 4) is 0 Å². The fraction of sp³-hybridized carbons (Fsp3) is 0.667. The number of nitrogens with two attached hydrogens (primary N) is 1. The highest BCUT2D eigenvalue weighted by molar-refractivity contribution is 7.89. The molecule has 1 fully saturated rings. The molecular formula is C9H16N4O3S. The molecule has 1 atom stereocenters. The second-order valence-corrected chi connectivity index (χ2v) is 6.12. The molecule has 8 heteroatoms. The number of aromatic nitrogens is 2. The maximum atomic E-state index is 12.1. The third-order valence-corrected chi connectivity index (χ3v) is 4.41. The Morgan fingerprint density at radius 2 is 2.41 bits per heavy atom. The van der Waals surface area contributed by atoms with Gasteiger partial charge in [-0.15, -0.1) is 0 Å². The lowest BCUT2D eigenvalue weighted by atomic mass is 9.97. The van der Waals surface area contributed by atoms with E-state index in [1.165, 1.54) is 6.20 Å². The minimum atomic E-state index is -3.65. The summed E-state index contributed by atoms with van der Waals surface area (Å²) >= 11 is 0. The predicted octanol–water partition coefficient (Wildman–Crippen LogP) is -0.161. The Hall–Kier alpha value is -1.12. The van der Waals surface area contributed by atoms with Crippen LogP contribution in [0.5, 0.6) is 0 Å². The first-order valence-corrected chi connectivity index (χ1v) is 6.82. The number of H-pyrrole nitrogens is 1. The minimum Gasteiger partial charge on any atom is -0.383 e. The van der Waals surface area contributed by atoms with Crippen molar-refractivity contribution in [3.05, 3.63) is 6.20 Å². The standard InChI is InChI=1S/C9H16N4O3S/c1-9(3-2-4-16-6-9)13-17(14,15)7-5-11-12-8(7)10/h5,13H,2-4,6H2,1H3,(H3,10,11,12). The zero-order chi connectivity index (χ0) is 12.5. The van der Waals surface area contributed by atoms with Crippen molar-refractivity contribution >= 4 is 15.8 Å². The van der Waals surface area contributed by atoms with E-state index in [4.69, 9.17) is 10.5 Å². The quantitative estimate of drug-likeness (QED) is 0.699. The monoisotopic (exact) mass is 260 g/mol. The Bertz CT molecular complexity index is 490. The molecule has 1 unspecified atom stereocenters. The normalized spacial score (nSPS) is 25.9. The van der Waals surface area contributed by atoms with Gasteiger partial charge in [0.2, 0.25) is 10.0 Å². The SMILES string of the molecule is CC1(NS(=O)(=O)c2cn[nH]c2N)CCCOC1. The first-order chi connectivity index (χ1) is 7.93. The van der Waals surface area contributed by atoms with Crippen LogP contribution in [0.1, 0.15) is 19.8 Å². The summed E-state index contributed by atoms with van der Waals surface area (Å²) in [4.78, 5) is -0.0238. The molecule has 0 aliphatic carbocycles. The number of rotatable bonds is 3. The van der Waals surface area contributed by atoms with Gasteiger partial charge in [-0.25, -0.2) is 13.1 Å². The lowest BCUT2D eigenvalue weighted by Gasteiger charge is -2.33. The van der Waals surface area contributed by atoms with E-state index in [1.54, 1.807) is 0 Å². The van der Waals surface area contributed by atoms with Crippen molar-refractivity contribution in [3.63, 3.8) is 0 Å². The highest BCUT2D eigenvalue weighted by atomic mass is 32.2. The Morgan fingerprint density at radius 1 is 1.65 bits per heavy atom. The molecule has 2 heterocycles. The summed E-state index contributed by atoms with van der Waals surface area (Å²) < 4.78 is 32.1. The Labute approximate surface area is 99.8 Å². The summed E-state index contributed by atoms with van der Waals surface area (Å²) in [6.45, 7) is 2.86. The van der Waals surface area contributed by atoms with Crippen LogP contribution in [-0.4, -0.2) is 37.4 Å². The number of nitrogens with zero attached hydrogens (tertiary/aromatic N) is 1. The van der Waals surface area contributed by atoms with Crippen molar-refractivity contribution in [2.45, 2.75) is 30.2 Å². The Balaban J connectivity index is 2.20. The number of nitrogens with one attached hydrogen (secondary N) is 2. The van der Waals surface area contributed by atoms with Gasteiger partial charge in [0.15, 0.2) is 0 Å². The molecule has 1 aliphatic rings. The minimum absolute atomic E-state index is 0.0238. The zero-order valence-electron chi connectivity index (χ0n) is 9.56. The number of sulfonamides is 1. The topological polar surface area (TPSA) is 110 Å². The average molecular weight is 260 g/mol. The fourth-order valence-electron chi connectivity index (χ4n) is 1.89. The Morgan fingerprint density at radius 3 is 2.94 bits per heavy atom. The van der Waals surface area contributed by atoms with E-state index in [0.29, 0.717) is 13.2 Å². The summed E-state index contributed by atoms with van der Waals surface area (Å²) in [6.07, 6.45) is 2.77. The van der Waals surface area contributed by atoms with Crippen molar-refractivity contribution in [2.75, 3.05) is 18.9 Å². The van der Waals surface area contributed by atoms with Crippen LogP contribution in [0, 0.1) is 0 Å². The van der Waals surface area contributed by atoms with Crippen LogP contribution in [0.25, 0.3) is 0 Å². The maximum absolute atomic E-state index is 12.1. The van der Waals surface area contributed by atoms with Gasteiger partial charge in [-0.3, -0.25) is 5.10 Å². The van der Waals surface area contributed by atoms with Gasteiger partial charge in [-0.2, -0.15) is 5.10 Å². The highest BCUT2D eigenvalue weighted by Gasteiger charge is 2.34. The molecular weight excluding hydrogens is 244 g/mol. The van der Waals surface area contributed by atoms with Gasteiger partial charge in [-0.1, -0.05) is 0 Å². The lowest BCUT2D eigenvalue weighted by Crippen LogP contribution is -2.51. The molecule has 1 aromatic rings. The van der Waals surface area contributed by atoms with Crippen LogP contribution < -0.4 is 10.5 Å². The van der Waals surface area contributed by atoms with Crippen molar-refractivity contribution in [1.29, 1.82) is 0 Å². The van der Waals surface area contributed by atoms with Crippen LogP contribution in [0.4, 0.5) is 5.82 Å². The van der Waals surface area contributed by atoms with Gasteiger partial charge in [0, 0.05) is 6.61 Å². The summed E-state index contributed by atoms with van der Waals surface area (Å²) in [5.74, 6) is 0.0397. The number of anilines is 1. The third kappa shape index (κ3) is 2.59. The van der Waals surface area contributed by atoms with E-state index >= 15 is 0 Å². The van der Waals surface area contributed by atoms with Crippen LogP contribution in [-0.2, 0) is 14.8 Å². The van der Waals surface area contributed by atoms with Gasteiger partial charge in [0.25, 0.3) is 0 Å². The molecule has 1 saturated heterocycles. The summed E-state index contributed by atoms with van der Waals surface area (Å²) in [7, 11) is -3.65. The van der Waals surface area contributed by atoms with Gasteiger partial charge in [0.1, 0.15) is 10.7 Å². The largest absolute Gasteiger partial charge is 0.383 e. The van der Waals surface area contributed by atoms with Crippen molar-refractivity contribution in [2.24, 2.45) is 0 Å². The van der Waals surface area contributed by atoms with Crippen LogP contribution >= 0.6 is 0 Å². The van der Waals surface area contributed by atoms with E-state index in [-0.39, 0.29) is 10.7 Å². The molecule has 4 N–H and O–H groups in total. The molecule has 2 rings (SSSR count). The maximum Gasteiger partial charge on any atom is 0.246 e. The summed E-state index contributed by atoms with van der Waals surface area (Å²) in [5.41, 5.74) is 4.92. The van der Waals surface area contributed by atoms with E-state index in [1.807, 2.05) is 6.92 Å². The van der Waals surface area contributed by atoms with E-state index in [0.717, 1.165) is 12.8 Å². The van der Waals surface area contributed by atoms with Gasteiger partial charge >= 0.3 is 0 Å². The van der Waals surface area contributed by atoms with Crippen LogP contribution in [0.15, 0.2) is 11.1 Å². The molecule has 0 spiro atoms. The first kappa shape index (κ1) is 12.3. The van der Waals surface area contributed by atoms with Gasteiger partial charge in [-0.05, 0) is 19.8 Å². The van der Waals surface area contributed by atoms with Crippen LogP contribution in [0.3, 0.4) is 0 Å². The van der Waals surface area contributed by atoms with E-state index in [2.05, 4.69) is 14.9 Å². The second kappa shape index (κ2) is 4.28. The molecule has 7 nitrogen and oxygen atoms in total. The Kier molecular flexibility index (Phi) is 3.11. The smallest absolute Gasteiger partial charge is 0.246 e. The summed E-state index contributed by atoms with van der Waals surface area (Å²) in [5, 5.41) is 6.01. The van der Waals surface area contributed by atoms with Gasteiger partial charge in [0.05, 0.1) is 18.3 Å². The molecule has 0 saturated carbocycles. The second-order valence-electron chi connectivity index (χ2n) is 4.47. The van der Waals surface area contributed by atoms with E-state index in [9.17, 15) is 8.42 Å². The molecule has 17 heavy (non-hydrogen) atoms. The molecule has 0 aromatic carbocycles. The van der Waals surface area contributed by atoms with E-state index < -0.39 is 15.6 Å². The number of nitrogen functional groups attached to an aromatic ring is 1. The number of aromatic amines is 1. The average Bonchev–Trinajstić information content (AvgIpc) is 2.64. The van der Waals surface area contributed by atoms with Crippen LogP contribution in [0.2, 0.25) is 0 Å². The molecule has 0 radical (unpaired) electrons. The fourth-order valence-corrected chi connectivity index (χ4v) is 3.34. The van der Waals surface area contributed by atoms with Gasteiger partial charge < -0.3 is 10.5 Å². The number of ether oxygens (including phenoxy) is 1. The molecule has 1 aliphatic heterocycles. The van der Waals surface area contributed by atoms with Crippen molar-refractivity contribution < 1.29 is 13.2 Å². The lowest BCUT2D eigenvalue weighted by molar-refractivity contribution is 0.0386. The molecule has 96 valence electrons. The number of hydrogen-bond acceptors (Lipinski definition) is 5. The summed E-state index contributed by atoms with van der Waals surface area (Å²) in [6, 6.07) is 0. The molecule has 0 bridgehead atoms. The van der Waals surface area contributed by atoms with Crippen molar-refractivity contribution in [1.82, 2.24) is 14.9 Å².